The molecule has 0 radical (unpaired) electrons. The monoisotopic (exact) mass is 707 g/mol. The van der Waals surface area contributed by atoms with Crippen LogP contribution in [0.25, 0.3) is 11.1 Å². The molecule has 0 unspecified atom stereocenters. The van der Waals surface area contributed by atoms with Crippen LogP contribution >= 0.6 is 0 Å². The van der Waals surface area contributed by atoms with Gasteiger partial charge in [-0.2, -0.15) is 0 Å². The molecule has 8 heteroatoms. The Hall–Kier alpha value is -3.88. The zero-order valence-electron chi connectivity index (χ0n) is 32.7. The summed E-state index contributed by atoms with van der Waals surface area (Å²) in [4.78, 5) is 34.4. The fourth-order valence-electron chi connectivity index (χ4n) is 9.42. The summed E-state index contributed by atoms with van der Waals surface area (Å²) in [6.45, 7) is 9.39. The highest BCUT2D eigenvalue weighted by Crippen LogP contribution is 2.61. The first-order valence-corrected chi connectivity index (χ1v) is 19.4. The normalized spacial score (nSPS) is 24.4. The lowest BCUT2D eigenvalue weighted by atomic mass is 9.45. The molecule has 3 aromatic rings. The highest BCUT2D eigenvalue weighted by Gasteiger charge is 2.56. The molecule has 4 fully saturated rings. The molecule has 1 heterocycles. The Bertz CT molecular complexity index is 1710. The van der Waals surface area contributed by atoms with Crippen LogP contribution in [0.15, 0.2) is 66.7 Å². The Kier molecular flexibility index (Phi) is 11.7. The Labute approximate surface area is 312 Å². The summed E-state index contributed by atoms with van der Waals surface area (Å²) in [6.07, 6.45) is 6.15. The summed E-state index contributed by atoms with van der Waals surface area (Å²) in [5, 5.41) is 6.87. The molecule has 3 aliphatic carbocycles. The molecule has 2 bridgehead atoms. The number of benzene rings is 3. The van der Waals surface area contributed by atoms with Gasteiger partial charge in [-0.25, -0.2) is 0 Å². The maximum Gasteiger partial charge on any atom is 0.251 e. The van der Waals surface area contributed by atoms with Crippen LogP contribution in [0, 0.1) is 23.2 Å². The number of likely N-dealkylation sites (N-methyl/N-ethyl adjacent to an activating group) is 1. The second kappa shape index (κ2) is 16.0. The predicted octanol–water partition coefficient (Wildman–Crippen LogP) is 6.87. The molecule has 3 saturated carbocycles. The van der Waals surface area contributed by atoms with E-state index in [1.54, 1.807) is 7.11 Å². The largest absolute Gasteiger partial charge is 0.496 e. The van der Waals surface area contributed by atoms with E-state index in [0.29, 0.717) is 35.3 Å². The van der Waals surface area contributed by atoms with Gasteiger partial charge in [-0.1, -0.05) is 75.7 Å². The lowest BCUT2D eigenvalue weighted by Crippen LogP contribution is -2.62. The van der Waals surface area contributed by atoms with E-state index < -0.39 is 0 Å². The van der Waals surface area contributed by atoms with Gasteiger partial charge in [0.25, 0.3) is 5.91 Å². The second-order valence-corrected chi connectivity index (χ2v) is 16.8. The minimum absolute atomic E-state index is 0.0530. The van der Waals surface area contributed by atoms with Crippen molar-refractivity contribution in [2.24, 2.45) is 23.2 Å². The van der Waals surface area contributed by atoms with Crippen LogP contribution in [0.5, 0.6) is 5.75 Å². The van der Waals surface area contributed by atoms with Crippen molar-refractivity contribution >= 4 is 17.5 Å². The average molecular weight is 708 g/mol. The van der Waals surface area contributed by atoms with Crippen LogP contribution in [0.3, 0.4) is 0 Å². The average Bonchev–Trinajstić information content (AvgIpc) is 3.12. The SMILES string of the molecule is COc1c(CN2CCCC[C@H]2C(=O)N[C@H]2C[C@H]3C[C@@H]([C@@H]2C)C3(C)C)cccc1-c1cc(C(=O)N[C@@H](Cc2ccccc2)CN(C)C)cc(N(C)C)c1. The molecular formula is C44H61N5O3. The zero-order valence-corrected chi connectivity index (χ0v) is 32.7. The summed E-state index contributed by atoms with van der Waals surface area (Å²) in [6, 6.07) is 22.7. The molecule has 0 spiro atoms. The number of methoxy groups -OCH3 is 1. The predicted molar refractivity (Wildman–Crippen MR) is 212 cm³/mol. The number of carbonyl (C=O) groups excluding carboxylic acids is 2. The van der Waals surface area contributed by atoms with E-state index in [9.17, 15) is 9.59 Å². The molecule has 1 aliphatic heterocycles. The van der Waals surface area contributed by atoms with E-state index in [-0.39, 0.29) is 29.9 Å². The molecular weight excluding hydrogens is 647 g/mol. The Morgan fingerprint density at radius 1 is 0.981 bits per heavy atom. The van der Waals surface area contributed by atoms with Crippen molar-refractivity contribution in [2.75, 3.05) is 53.3 Å². The third-order valence-corrected chi connectivity index (χ3v) is 12.5. The lowest BCUT2D eigenvalue weighted by molar-refractivity contribution is -0.139. The number of para-hydroxylation sites is 1. The van der Waals surface area contributed by atoms with Gasteiger partial charge in [-0.3, -0.25) is 14.5 Å². The number of nitrogens with one attached hydrogen (secondary N) is 2. The number of amides is 2. The summed E-state index contributed by atoms with van der Waals surface area (Å²) in [5.74, 6) is 2.77. The number of hydrogen-bond donors (Lipinski definition) is 2. The Morgan fingerprint density at radius 2 is 1.75 bits per heavy atom. The molecule has 6 atom stereocenters. The molecule has 4 aliphatic rings. The molecule has 2 N–H and O–H groups in total. The third kappa shape index (κ3) is 8.18. The van der Waals surface area contributed by atoms with Gasteiger partial charge in [0.15, 0.2) is 0 Å². The van der Waals surface area contributed by atoms with E-state index in [2.05, 4.69) is 77.6 Å². The maximum atomic E-state index is 14.0. The molecule has 8 nitrogen and oxygen atoms in total. The lowest BCUT2D eigenvalue weighted by Gasteiger charge is -2.62. The van der Waals surface area contributed by atoms with Crippen molar-refractivity contribution in [2.45, 2.75) is 84.0 Å². The second-order valence-electron chi connectivity index (χ2n) is 16.8. The summed E-state index contributed by atoms with van der Waals surface area (Å²) >= 11 is 0. The fourth-order valence-corrected chi connectivity index (χ4v) is 9.42. The third-order valence-electron chi connectivity index (χ3n) is 12.5. The van der Waals surface area contributed by atoms with Crippen LogP contribution in [0.4, 0.5) is 5.69 Å². The van der Waals surface area contributed by atoms with Crippen molar-refractivity contribution < 1.29 is 14.3 Å². The zero-order chi connectivity index (χ0) is 37.2. The van der Waals surface area contributed by atoms with Crippen molar-refractivity contribution in [1.82, 2.24) is 20.4 Å². The molecule has 3 aromatic carbocycles. The number of rotatable bonds is 13. The van der Waals surface area contributed by atoms with E-state index >= 15 is 0 Å². The fraction of sp³-hybridized carbons (Fsp3) is 0.545. The number of piperidine rings is 1. The quantitative estimate of drug-likeness (QED) is 0.202. The van der Waals surface area contributed by atoms with Gasteiger partial charge in [0, 0.05) is 61.6 Å². The minimum Gasteiger partial charge on any atom is -0.496 e. The van der Waals surface area contributed by atoms with Gasteiger partial charge in [0.1, 0.15) is 5.75 Å². The molecule has 0 aromatic heterocycles. The van der Waals surface area contributed by atoms with Crippen molar-refractivity contribution in [3.05, 3.63) is 83.4 Å². The first-order valence-electron chi connectivity index (χ1n) is 19.4. The topological polar surface area (TPSA) is 77.1 Å². The molecule has 280 valence electrons. The molecule has 1 saturated heterocycles. The van der Waals surface area contributed by atoms with Crippen LogP contribution in [0.2, 0.25) is 0 Å². The summed E-state index contributed by atoms with van der Waals surface area (Å²) in [7, 11) is 9.79. The van der Waals surface area contributed by atoms with Crippen LogP contribution < -0.4 is 20.3 Å². The number of anilines is 1. The van der Waals surface area contributed by atoms with Gasteiger partial charge < -0.3 is 25.2 Å². The smallest absolute Gasteiger partial charge is 0.251 e. The van der Waals surface area contributed by atoms with Gasteiger partial charge in [-0.15, -0.1) is 0 Å². The number of fused-ring (bicyclic) bond motifs is 2. The highest BCUT2D eigenvalue weighted by molar-refractivity contribution is 5.97. The van der Waals surface area contributed by atoms with Crippen LogP contribution in [-0.4, -0.2) is 88.1 Å². The van der Waals surface area contributed by atoms with E-state index in [0.717, 1.165) is 73.3 Å². The molecule has 52 heavy (non-hydrogen) atoms. The van der Waals surface area contributed by atoms with E-state index in [1.807, 2.05) is 63.4 Å². The number of carbonyl (C=O) groups is 2. The number of ether oxygens (including phenoxy) is 1. The minimum atomic E-state index is -0.154. The molecule has 7 rings (SSSR count). The van der Waals surface area contributed by atoms with Gasteiger partial charge in [0.05, 0.1) is 13.2 Å². The first-order chi connectivity index (χ1) is 24.8. The van der Waals surface area contributed by atoms with Gasteiger partial charge >= 0.3 is 0 Å². The summed E-state index contributed by atoms with van der Waals surface area (Å²) in [5.41, 5.74) is 6.03. The Morgan fingerprint density at radius 3 is 2.42 bits per heavy atom. The summed E-state index contributed by atoms with van der Waals surface area (Å²) < 4.78 is 6.17. The standard InChI is InChI=1S/C44H61N5O3/c1-29-38-25-34(44(38,2)3)26-39(29)46-43(51)40-19-12-13-20-49(40)27-31-17-14-18-37(41(31)52-8)32-22-33(24-36(23-32)48(6)7)42(50)45-35(28-47(4)5)21-30-15-10-9-11-16-30/h9-11,14-18,22-24,29,34-35,38-40H,12-13,19-21,25-28H2,1-8H3,(H,45,50)(H,46,51)/t29-,34+,35-,38-,39-,40-/m0/s1. The van der Waals surface area contributed by atoms with Crippen LogP contribution in [0.1, 0.15) is 74.4 Å². The highest BCUT2D eigenvalue weighted by atomic mass is 16.5. The first kappa shape index (κ1) is 37.9. The van der Waals surface area contributed by atoms with Crippen molar-refractivity contribution in [1.29, 1.82) is 0 Å². The number of likely N-dealkylation sites (tertiary alicyclic amines) is 1. The van der Waals surface area contributed by atoms with Crippen LogP contribution in [-0.2, 0) is 17.8 Å². The van der Waals surface area contributed by atoms with Gasteiger partial charge in [0.2, 0.25) is 5.91 Å². The van der Waals surface area contributed by atoms with E-state index in [4.69, 9.17) is 4.74 Å². The van der Waals surface area contributed by atoms with Crippen molar-refractivity contribution in [3.8, 4) is 16.9 Å². The maximum absolute atomic E-state index is 14.0. The Balaban J connectivity index is 1.22. The number of nitrogens with zero attached hydrogens (tertiary/aromatic N) is 3. The molecule has 2 amide bonds. The van der Waals surface area contributed by atoms with E-state index in [1.165, 1.54) is 12.0 Å². The van der Waals surface area contributed by atoms with Gasteiger partial charge in [-0.05, 0) is 105 Å². The number of hydrogen-bond acceptors (Lipinski definition) is 6. The van der Waals surface area contributed by atoms with Crippen molar-refractivity contribution in [3.63, 3.8) is 0 Å².